The summed E-state index contributed by atoms with van der Waals surface area (Å²) in [5, 5.41) is 16.3. The molecule has 1 aromatic heterocycles. The molecule has 0 saturated carbocycles. The number of rotatable bonds is 6. The van der Waals surface area contributed by atoms with Gasteiger partial charge in [-0.25, -0.2) is 4.79 Å². The second-order valence-corrected chi connectivity index (χ2v) is 10.2. The number of nitrogens with zero attached hydrogens (tertiary/aromatic N) is 4. The predicted octanol–water partition coefficient (Wildman–Crippen LogP) is 4.10. The van der Waals surface area contributed by atoms with E-state index >= 15 is 0 Å². The molecule has 40 heavy (non-hydrogen) atoms. The lowest BCUT2D eigenvalue weighted by Crippen LogP contribution is -2.43. The third-order valence-corrected chi connectivity index (χ3v) is 7.50. The minimum Gasteiger partial charge on any atom is -0.465 e. The number of fused-ring (bicyclic) bond motifs is 2. The summed E-state index contributed by atoms with van der Waals surface area (Å²) < 4.78 is 4.86. The van der Waals surface area contributed by atoms with Crippen molar-refractivity contribution in [1.82, 2.24) is 20.0 Å². The molecule has 6 rings (SSSR count). The van der Waals surface area contributed by atoms with Gasteiger partial charge in [-0.15, -0.1) is 0 Å². The van der Waals surface area contributed by atoms with E-state index in [0.717, 1.165) is 54.7 Å². The largest absolute Gasteiger partial charge is 0.465 e. The van der Waals surface area contributed by atoms with Gasteiger partial charge < -0.3 is 20.3 Å². The highest BCUT2D eigenvalue weighted by Crippen LogP contribution is 2.38. The Morgan fingerprint density at radius 3 is 2.40 bits per heavy atom. The van der Waals surface area contributed by atoms with Crippen LogP contribution in [0.1, 0.15) is 27.0 Å². The zero-order chi connectivity index (χ0) is 27.6. The number of likely N-dealkylation sites (N-methyl/N-ethyl adjacent to an activating group) is 1. The standard InChI is InChI=1S/C31H30N6O3/c1-36-11-13-37(14-12-36)19-20-3-8-25(9-4-20)34-29(21-5-6-23-17-32-33-18-24(23)15-21)28-26-10-7-22(31(39)40-2)16-27(26)35-30(28)38/h3-10,15-18,34H,11-14,19H2,1-2H3,(H,35,38). The summed E-state index contributed by atoms with van der Waals surface area (Å²) in [6, 6.07) is 19.4. The van der Waals surface area contributed by atoms with Crippen molar-refractivity contribution in [3.63, 3.8) is 0 Å². The summed E-state index contributed by atoms with van der Waals surface area (Å²) in [5.41, 5.74) is 5.74. The fourth-order valence-electron chi connectivity index (χ4n) is 5.20. The van der Waals surface area contributed by atoms with Crippen LogP contribution in [0, 0.1) is 0 Å². The van der Waals surface area contributed by atoms with E-state index in [-0.39, 0.29) is 5.91 Å². The van der Waals surface area contributed by atoms with Crippen LogP contribution < -0.4 is 10.6 Å². The molecule has 0 atom stereocenters. The summed E-state index contributed by atoms with van der Waals surface area (Å²) in [6.07, 6.45) is 3.42. The molecule has 2 aliphatic rings. The van der Waals surface area contributed by atoms with Crippen LogP contribution in [0.15, 0.2) is 73.1 Å². The number of hydrogen-bond donors (Lipinski definition) is 2. The summed E-state index contributed by atoms with van der Waals surface area (Å²) in [4.78, 5) is 30.3. The second-order valence-electron chi connectivity index (χ2n) is 10.2. The van der Waals surface area contributed by atoms with Gasteiger partial charge in [0.25, 0.3) is 5.91 Å². The number of amides is 1. The maximum absolute atomic E-state index is 13.4. The number of hydrogen-bond acceptors (Lipinski definition) is 8. The molecular weight excluding hydrogens is 504 g/mol. The van der Waals surface area contributed by atoms with Crippen molar-refractivity contribution in [1.29, 1.82) is 0 Å². The van der Waals surface area contributed by atoms with Crippen LogP contribution in [0.5, 0.6) is 0 Å². The number of nitrogens with one attached hydrogen (secondary N) is 2. The molecule has 9 nitrogen and oxygen atoms in total. The summed E-state index contributed by atoms with van der Waals surface area (Å²) in [6.45, 7) is 5.19. The molecule has 202 valence electrons. The third kappa shape index (κ3) is 5.16. The SMILES string of the molecule is COC(=O)c1ccc2c(c1)NC(=O)C2=C(Nc1ccc(CN2CCN(C)CC2)cc1)c1ccc2cnncc2c1. The molecule has 0 aliphatic carbocycles. The van der Waals surface area contributed by atoms with Crippen LogP contribution in [0.3, 0.4) is 0 Å². The number of esters is 1. The van der Waals surface area contributed by atoms with E-state index in [4.69, 9.17) is 4.74 Å². The first-order valence-corrected chi connectivity index (χ1v) is 13.2. The molecule has 0 bridgehead atoms. The van der Waals surface area contributed by atoms with Gasteiger partial charge in [0, 0.05) is 54.7 Å². The Hall–Kier alpha value is -4.60. The predicted molar refractivity (Wildman–Crippen MR) is 156 cm³/mol. The Kier molecular flexibility index (Phi) is 6.98. The Labute approximate surface area is 232 Å². The van der Waals surface area contributed by atoms with E-state index in [2.05, 4.69) is 49.8 Å². The Morgan fingerprint density at radius 2 is 1.65 bits per heavy atom. The van der Waals surface area contributed by atoms with E-state index in [0.29, 0.717) is 28.1 Å². The lowest BCUT2D eigenvalue weighted by atomic mass is 9.98. The highest BCUT2D eigenvalue weighted by atomic mass is 16.5. The average molecular weight is 535 g/mol. The number of carbonyl (C=O) groups excluding carboxylic acids is 2. The quantitative estimate of drug-likeness (QED) is 0.282. The molecule has 0 spiro atoms. The highest BCUT2D eigenvalue weighted by molar-refractivity contribution is 6.37. The van der Waals surface area contributed by atoms with E-state index in [1.54, 1.807) is 30.6 Å². The molecule has 3 heterocycles. The van der Waals surface area contributed by atoms with Gasteiger partial charge in [0.05, 0.1) is 42.0 Å². The Balaban J connectivity index is 1.37. The first-order chi connectivity index (χ1) is 19.5. The molecule has 1 fully saturated rings. The molecule has 1 amide bonds. The lowest BCUT2D eigenvalue weighted by molar-refractivity contribution is -0.110. The van der Waals surface area contributed by atoms with Crippen molar-refractivity contribution in [2.45, 2.75) is 6.54 Å². The van der Waals surface area contributed by atoms with Gasteiger partial charge in [-0.3, -0.25) is 9.69 Å². The Morgan fingerprint density at radius 1 is 0.925 bits per heavy atom. The normalized spacial score (nSPS) is 16.9. The molecule has 2 aliphatic heterocycles. The number of ether oxygens (including phenoxy) is 1. The molecule has 9 heteroatoms. The molecule has 1 saturated heterocycles. The van der Waals surface area contributed by atoms with E-state index < -0.39 is 5.97 Å². The Bertz CT molecular complexity index is 1620. The maximum Gasteiger partial charge on any atom is 0.337 e. The number of aromatic nitrogens is 2. The van der Waals surface area contributed by atoms with E-state index in [9.17, 15) is 9.59 Å². The van der Waals surface area contributed by atoms with Crippen LogP contribution in [0.2, 0.25) is 0 Å². The lowest BCUT2D eigenvalue weighted by Gasteiger charge is -2.32. The first-order valence-electron chi connectivity index (χ1n) is 13.2. The number of methoxy groups -OCH3 is 1. The second kappa shape index (κ2) is 10.9. The molecule has 2 N–H and O–H groups in total. The number of anilines is 2. The monoisotopic (exact) mass is 534 g/mol. The summed E-state index contributed by atoms with van der Waals surface area (Å²) >= 11 is 0. The van der Waals surface area contributed by atoms with Crippen molar-refractivity contribution < 1.29 is 14.3 Å². The van der Waals surface area contributed by atoms with Gasteiger partial charge >= 0.3 is 5.97 Å². The zero-order valence-electron chi connectivity index (χ0n) is 22.5. The average Bonchev–Trinajstić information content (AvgIpc) is 3.31. The van der Waals surface area contributed by atoms with Gasteiger partial charge in [-0.05, 0) is 48.5 Å². The van der Waals surface area contributed by atoms with Crippen molar-refractivity contribution in [2.75, 3.05) is 51.0 Å². The summed E-state index contributed by atoms with van der Waals surface area (Å²) in [7, 11) is 3.50. The van der Waals surface area contributed by atoms with Crippen molar-refractivity contribution in [2.24, 2.45) is 0 Å². The van der Waals surface area contributed by atoms with Crippen LogP contribution in [-0.4, -0.2) is 72.2 Å². The van der Waals surface area contributed by atoms with Crippen molar-refractivity contribution in [3.05, 3.63) is 95.3 Å². The van der Waals surface area contributed by atoms with Crippen molar-refractivity contribution >= 4 is 45.3 Å². The topological polar surface area (TPSA) is 99.7 Å². The molecule has 4 aromatic rings. The van der Waals surface area contributed by atoms with Crippen LogP contribution >= 0.6 is 0 Å². The van der Waals surface area contributed by atoms with Crippen molar-refractivity contribution in [3.8, 4) is 0 Å². The van der Waals surface area contributed by atoms with Gasteiger partial charge in [0.15, 0.2) is 0 Å². The maximum atomic E-state index is 13.4. The van der Waals surface area contributed by atoms with Gasteiger partial charge in [0.1, 0.15) is 0 Å². The smallest absolute Gasteiger partial charge is 0.337 e. The zero-order valence-corrected chi connectivity index (χ0v) is 22.5. The van der Waals surface area contributed by atoms with Gasteiger partial charge in [-0.2, -0.15) is 10.2 Å². The van der Waals surface area contributed by atoms with Crippen LogP contribution in [-0.2, 0) is 16.1 Å². The van der Waals surface area contributed by atoms with Gasteiger partial charge in [0.2, 0.25) is 0 Å². The van der Waals surface area contributed by atoms with Gasteiger partial charge in [-0.1, -0.05) is 30.3 Å². The fraction of sp³-hybridized carbons (Fsp3) is 0.226. The molecule has 0 radical (unpaired) electrons. The third-order valence-electron chi connectivity index (χ3n) is 7.50. The minimum absolute atomic E-state index is 0.251. The highest BCUT2D eigenvalue weighted by Gasteiger charge is 2.29. The van der Waals surface area contributed by atoms with E-state index in [1.165, 1.54) is 12.7 Å². The minimum atomic E-state index is -0.458. The number of carbonyl (C=O) groups is 2. The van der Waals surface area contributed by atoms with Crippen LogP contribution in [0.4, 0.5) is 11.4 Å². The molecule has 0 unspecified atom stereocenters. The van der Waals surface area contributed by atoms with E-state index in [1.807, 2.05) is 30.3 Å². The summed E-state index contributed by atoms with van der Waals surface area (Å²) in [5.74, 6) is -0.709. The number of benzene rings is 3. The number of piperazine rings is 1. The van der Waals surface area contributed by atoms with Crippen LogP contribution in [0.25, 0.3) is 22.0 Å². The molecular formula is C31H30N6O3. The molecule has 3 aromatic carbocycles. The first kappa shape index (κ1) is 25.7. The fourth-order valence-corrected chi connectivity index (χ4v) is 5.20.